The topological polar surface area (TPSA) is 63.0 Å². The van der Waals surface area contributed by atoms with Crippen molar-refractivity contribution < 1.29 is 9.53 Å². The smallest absolute Gasteiger partial charge is 0.348 e. The Morgan fingerprint density at radius 2 is 2.04 bits per heavy atom. The lowest BCUT2D eigenvalue weighted by Gasteiger charge is -2.03. The van der Waals surface area contributed by atoms with Crippen LogP contribution >= 0.6 is 34.3 Å². The molecule has 2 heterocycles. The van der Waals surface area contributed by atoms with Gasteiger partial charge in [0, 0.05) is 10.6 Å². The highest BCUT2D eigenvalue weighted by Crippen LogP contribution is 2.29. The number of hydrogen-bond acceptors (Lipinski definition) is 6. The molecule has 0 bridgehead atoms. The summed E-state index contributed by atoms with van der Waals surface area (Å²) in [5.74, 6) is -0.408. The van der Waals surface area contributed by atoms with Crippen LogP contribution in [0.25, 0.3) is 10.6 Å². The molecule has 1 aromatic carbocycles. The van der Waals surface area contributed by atoms with Gasteiger partial charge in [-0.25, -0.2) is 9.78 Å². The molecule has 0 unspecified atom stereocenters. The van der Waals surface area contributed by atoms with Crippen molar-refractivity contribution in [3.8, 4) is 10.6 Å². The zero-order valence-corrected chi connectivity index (χ0v) is 15.1. The van der Waals surface area contributed by atoms with Crippen molar-refractivity contribution in [3.63, 3.8) is 0 Å². The molecule has 24 heavy (non-hydrogen) atoms. The summed E-state index contributed by atoms with van der Waals surface area (Å²) in [5.41, 5.74) is 1.94. The number of carbonyl (C=O) groups is 1. The molecule has 0 aliphatic carbocycles. The highest BCUT2D eigenvalue weighted by Gasteiger charge is 2.16. The predicted octanol–water partition coefficient (Wildman–Crippen LogP) is 5.06. The van der Waals surface area contributed by atoms with Gasteiger partial charge >= 0.3 is 5.97 Å². The van der Waals surface area contributed by atoms with Crippen molar-refractivity contribution in [3.05, 3.63) is 62.2 Å². The second-order valence-electron chi connectivity index (χ2n) is 4.97. The maximum Gasteiger partial charge on any atom is 0.348 e. The maximum absolute atomic E-state index is 11.9. The lowest BCUT2D eigenvalue weighted by molar-refractivity contribution is 0.0569. The van der Waals surface area contributed by atoms with E-state index in [2.05, 4.69) is 4.98 Å². The van der Waals surface area contributed by atoms with Gasteiger partial charge in [0.2, 0.25) is 0 Å². The minimum atomic E-state index is -0.408. The average molecular weight is 377 g/mol. The molecular formula is C17H13ClN2O2S2. The summed E-state index contributed by atoms with van der Waals surface area (Å²) in [6.07, 6.45) is 0. The van der Waals surface area contributed by atoms with Crippen LogP contribution in [0.1, 0.15) is 20.2 Å². The molecule has 0 atom stereocenters. The lowest BCUT2D eigenvalue weighted by atomic mass is 10.2. The average Bonchev–Trinajstić information content (AvgIpc) is 3.23. The Balaban J connectivity index is 1.71. The van der Waals surface area contributed by atoms with Gasteiger partial charge in [-0.2, -0.15) is 0 Å². The van der Waals surface area contributed by atoms with Crippen LogP contribution in [0.5, 0.6) is 0 Å². The highest BCUT2D eigenvalue weighted by molar-refractivity contribution is 7.17. The first-order chi connectivity index (χ1) is 11.5. The molecule has 1 N–H and O–H groups in total. The van der Waals surface area contributed by atoms with Gasteiger partial charge < -0.3 is 10.1 Å². The van der Waals surface area contributed by atoms with Crippen molar-refractivity contribution >= 4 is 46.0 Å². The molecule has 2 aromatic heterocycles. The highest BCUT2D eigenvalue weighted by atomic mass is 35.5. The number of rotatable bonds is 5. The van der Waals surface area contributed by atoms with Gasteiger partial charge in [-0.15, -0.1) is 22.7 Å². The van der Waals surface area contributed by atoms with Crippen molar-refractivity contribution in [2.24, 2.45) is 0 Å². The number of thiophene rings is 1. The summed E-state index contributed by atoms with van der Waals surface area (Å²) in [6.45, 7) is 1.78. The van der Waals surface area contributed by atoms with E-state index >= 15 is 0 Å². The number of halogens is 1. The molecule has 3 aromatic rings. The van der Waals surface area contributed by atoms with Gasteiger partial charge in [-0.05, 0) is 30.5 Å². The first kappa shape index (κ1) is 16.8. The second-order valence-corrected chi connectivity index (χ2v) is 7.36. The monoisotopic (exact) mass is 376 g/mol. The number of aromatic nitrogens is 1. The summed E-state index contributed by atoms with van der Waals surface area (Å²) in [6, 6.07) is 10.9. The zero-order chi connectivity index (χ0) is 17.1. The Labute approximate surface area is 152 Å². The summed E-state index contributed by atoms with van der Waals surface area (Å²) in [4.78, 5) is 17.6. The number of nitrogens with zero attached hydrogens (tertiary/aromatic N) is 1. The van der Waals surface area contributed by atoms with Crippen molar-refractivity contribution in [1.29, 1.82) is 5.41 Å². The third kappa shape index (κ3) is 3.72. The molecule has 0 saturated heterocycles. The van der Waals surface area contributed by atoms with Gasteiger partial charge in [0.15, 0.2) is 0 Å². The van der Waals surface area contributed by atoms with E-state index in [-0.39, 0.29) is 12.3 Å². The third-order valence-corrected chi connectivity index (χ3v) is 5.60. The molecule has 4 nitrogen and oxygen atoms in total. The van der Waals surface area contributed by atoms with E-state index in [4.69, 9.17) is 21.7 Å². The van der Waals surface area contributed by atoms with Gasteiger partial charge in [-0.3, -0.25) is 0 Å². The van der Waals surface area contributed by atoms with Gasteiger partial charge in [0.25, 0.3) is 0 Å². The van der Waals surface area contributed by atoms with Crippen LogP contribution in [0.4, 0.5) is 0 Å². The van der Waals surface area contributed by atoms with E-state index in [0.717, 1.165) is 21.1 Å². The zero-order valence-electron chi connectivity index (χ0n) is 12.7. The molecule has 0 spiro atoms. The van der Waals surface area contributed by atoms with Crippen LogP contribution in [-0.2, 0) is 4.74 Å². The molecule has 0 aliphatic rings. The molecule has 7 heteroatoms. The van der Waals surface area contributed by atoms with E-state index in [1.165, 1.54) is 22.7 Å². The first-order valence-corrected chi connectivity index (χ1v) is 9.14. The number of carbonyl (C=O) groups excluding carboxylic acids is 1. The van der Waals surface area contributed by atoms with E-state index in [9.17, 15) is 4.79 Å². The normalized spacial score (nSPS) is 10.6. The molecule has 0 fully saturated rings. The van der Waals surface area contributed by atoms with Gasteiger partial charge in [0.05, 0.1) is 16.3 Å². The Morgan fingerprint density at radius 1 is 1.29 bits per heavy atom. The molecular weight excluding hydrogens is 364 g/mol. The number of nitrogens with one attached hydrogen (secondary N) is 1. The van der Waals surface area contributed by atoms with Crippen molar-refractivity contribution in [2.75, 3.05) is 6.61 Å². The minimum absolute atomic E-state index is 0.0696. The van der Waals surface area contributed by atoms with Crippen LogP contribution in [-0.4, -0.2) is 23.3 Å². The fraction of sp³-hybridized carbons (Fsp3) is 0.118. The quantitative estimate of drug-likeness (QED) is 0.500. The summed E-state index contributed by atoms with van der Waals surface area (Å²) in [5, 5.41) is 11.5. The Morgan fingerprint density at radius 3 is 2.71 bits per heavy atom. The van der Waals surface area contributed by atoms with Crippen LogP contribution in [0, 0.1) is 12.3 Å². The van der Waals surface area contributed by atoms with Crippen molar-refractivity contribution in [2.45, 2.75) is 6.92 Å². The summed E-state index contributed by atoms with van der Waals surface area (Å²) >= 11 is 8.63. The fourth-order valence-electron chi connectivity index (χ4n) is 2.06. The first-order valence-electron chi connectivity index (χ1n) is 7.06. The fourth-order valence-corrected chi connectivity index (χ4v) is 3.81. The van der Waals surface area contributed by atoms with Crippen LogP contribution in [0.3, 0.4) is 0 Å². The largest absolute Gasteiger partial charge is 0.455 e. The molecule has 3 rings (SSSR count). The number of benzene rings is 1. The van der Waals surface area contributed by atoms with E-state index < -0.39 is 5.97 Å². The Hall–Kier alpha value is -2.02. The predicted molar refractivity (Wildman–Crippen MR) is 98.7 cm³/mol. The molecule has 122 valence electrons. The van der Waals surface area contributed by atoms with E-state index in [0.29, 0.717) is 9.90 Å². The van der Waals surface area contributed by atoms with Crippen LogP contribution in [0.15, 0.2) is 41.8 Å². The number of hydrogen-bond donors (Lipinski definition) is 1. The Kier molecular flexibility index (Phi) is 5.08. The van der Waals surface area contributed by atoms with Gasteiger partial charge in [0.1, 0.15) is 16.5 Å². The van der Waals surface area contributed by atoms with E-state index in [1.54, 1.807) is 24.3 Å². The van der Waals surface area contributed by atoms with E-state index in [1.807, 2.05) is 24.4 Å². The molecule has 0 saturated carbocycles. The third-order valence-electron chi connectivity index (χ3n) is 3.23. The SMILES string of the molecule is Cc1nc(-c2ccc(Cl)cc2)sc1C(=N)COC(=O)c1cccs1. The van der Waals surface area contributed by atoms with Crippen LogP contribution in [0.2, 0.25) is 5.02 Å². The number of thiazole rings is 1. The molecule has 0 amide bonds. The number of esters is 1. The summed E-state index contributed by atoms with van der Waals surface area (Å²) in [7, 11) is 0. The Bertz CT molecular complexity index is 871. The van der Waals surface area contributed by atoms with Crippen molar-refractivity contribution in [1.82, 2.24) is 4.98 Å². The minimum Gasteiger partial charge on any atom is -0.455 e. The van der Waals surface area contributed by atoms with Gasteiger partial charge in [-0.1, -0.05) is 29.8 Å². The second kappa shape index (κ2) is 7.25. The number of ether oxygens (including phenoxy) is 1. The maximum atomic E-state index is 11.9. The number of aryl methyl sites for hydroxylation is 1. The molecule has 0 aliphatic heterocycles. The summed E-state index contributed by atoms with van der Waals surface area (Å²) < 4.78 is 5.20. The van der Waals surface area contributed by atoms with Crippen LogP contribution < -0.4 is 0 Å². The standard InChI is InChI=1S/C17H13ClN2O2S2/c1-10-15(13(19)9-22-17(21)14-3-2-8-23-14)24-16(20-10)11-4-6-12(18)7-5-11/h2-8,19H,9H2,1H3. The molecule has 0 radical (unpaired) electrons. The lowest BCUT2D eigenvalue weighted by Crippen LogP contribution is -2.13.